The Kier molecular flexibility index (Phi) is 7.60. The second-order valence-corrected chi connectivity index (χ2v) is 24.6. The Labute approximate surface area is 159 Å². The van der Waals surface area contributed by atoms with E-state index in [1.165, 1.54) is 4.44 Å². The van der Waals surface area contributed by atoms with Gasteiger partial charge in [-0.15, -0.1) is 0 Å². The van der Waals surface area contributed by atoms with Crippen LogP contribution in [0.15, 0.2) is 0 Å². The van der Waals surface area contributed by atoms with Crippen molar-refractivity contribution in [2.45, 2.75) is 134 Å². The van der Waals surface area contributed by atoms with Gasteiger partial charge in [-0.25, -0.2) is 0 Å². The predicted octanol–water partition coefficient (Wildman–Crippen LogP) is 6.66. The summed E-state index contributed by atoms with van der Waals surface area (Å²) in [5, 5.41) is 0. The fraction of sp³-hybridized carbons (Fsp3) is 1.00. The van der Waals surface area contributed by atoms with Gasteiger partial charge in [0.15, 0.2) is 0 Å². The van der Waals surface area contributed by atoms with E-state index in [1.807, 2.05) is 0 Å². The van der Waals surface area contributed by atoms with Gasteiger partial charge in [-0.1, -0.05) is 0 Å². The summed E-state index contributed by atoms with van der Waals surface area (Å²) in [5.74, 6) is 0. The van der Waals surface area contributed by atoms with Gasteiger partial charge in [-0.3, -0.25) is 0 Å². The monoisotopic (exact) mass is 448 g/mol. The van der Waals surface area contributed by atoms with Crippen LogP contribution in [-0.2, 0) is 0 Å². The molecule has 146 valence electrons. The third kappa shape index (κ3) is 5.13. The summed E-state index contributed by atoms with van der Waals surface area (Å²) in [7, 11) is 0. The van der Waals surface area contributed by atoms with Crippen LogP contribution in [-0.4, -0.2) is 47.3 Å². The molecule has 0 aromatic carbocycles. The second-order valence-electron chi connectivity index (χ2n) is 11.7. The minimum absolute atomic E-state index is 0.170. The summed E-state index contributed by atoms with van der Waals surface area (Å²) in [6.45, 7) is 36.5. The van der Waals surface area contributed by atoms with Crippen molar-refractivity contribution in [1.29, 1.82) is 0 Å². The van der Waals surface area contributed by atoms with Crippen molar-refractivity contribution in [3.63, 3.8) is 0 Å². The molecule has 0 aromatic rings. The van der Waals surface area contributed by atoms with Gasteiger partial charge in [0.1, 0.15) is 0 Å². The quantitative estimate of drug-likeness (QED) is 0.445. The van der Waals surface area contributed by atoms with Crippen LogP contribution in [0.4, 0.5) is 0 Å². The maximum absolute atomic E-state index is 3.00. The Balaban J connectivity index is 6.93. The second kappa shape index (κ2) is 7.38. The molecule has 0 heterocycles. The third-order valence-corrected chi connectivity index (χ3v) is 25.2. The molecule has 0 radical (unpaired) electrons. The van der Waals surface area contributed by atoms with Crippen LogP contribution in [0.3, 0.4) is 0 Å². The summed E-state index contributed by atoms with van der Waals surface area (Å²) in [6.07, 6.45) is 0. The molecule has 0 aliphatic heterocycles. The Morgan fingerprint density at radius 2 is 0.792 bits per heavy atom. The first-order valence-corrected chi connectivity index (χ1v) is 16.1. The maximum atomic E-state index is 3.00. The van der Waals surface area contributed by atoms with Gasteiger partial charge in [0.2, 0.25) is 0 Å². The standard InChI is InChI=1S/2C8H18N.C3H7.C2H5.Sn/c2*1-7(2,3)9-8(4,5)6;1-3-2;1-2;/h2*1-6H3;3H,1-2H3;1H2,2H3;/q2*-1;;;+2. The zero-order valence-corrected chi connectivity index (χ0v) is 22.5. The molecule has 0 spiro atoms. The minimum atomic E-state index is -2.98. The summed E-state index contributed by atoms with van der Waals surface area (Å²) in [6, 6.07) is 0. The fourth-order valence-electron chi connectivity index (χ4n) is 5.68. The molecule has 2 nitrogen and oxygen atoms in total. The van der Waals surface area contributed by atoms with E-state index in [0.717, 1.165) is 3.93 Å². The molecule has 0 saturated heterocycles. The molecule has 0 rings (SSSR count). The van der Waals surface area contributed by atoms with Crippen LogP contribution in [0.25, 0.3) is 0 Å². The average molecular weight is 447 g/mol. The van der Waals surface area contributed by atoms with Gasteiger partial charge in [-0.05, 0) is 0 Å². The summed E-state index contributed by atoms with van der Waals surface area (Å²) < 4.78 is 8.03. The van der Waals surface area contributed by atoms with Crippen molar-refractivity contribution in [3.05, 3.63) is 0 Å². The molecule has 0 aromatic heterocycles. The molecule has 0 aliphatic rings. The Morgan fingerprint density at radius 3 is 0.875 bits per heavy atom. The van der Waals surface area contributed by atoms with E-state index in [-0.39, 0.29) is 22.2 Å². The van der Waals surface area contributed by atoms with Crippen molar-refractivity contribution in [2.75, 3.05) is 0 Å². The number of nitrogens with zero attached hydrogens (tertiary/aromatic N) is 2. The van der Waals surface area contributed by atoms with E-state index < -0.39 is 18.9 Å². The van der Waals surface area contributed by atoms with Crippen LogP contribution in [0, 0.1) is 0 Å². The molecule has 0 fully saturated rings. The molecule has 0 amide bonds. The molecule has 3 heteroatoms. The number of hydrogen-bond acceptors (Lipinski definition) is 2. The molecule has 0 atom stereocenters. The molecule has 0 aliphatic carbocycles. The summed E-state index contributed by atoms with van der Waals surface area (Å²) >= 11 is -2.98. The number of hydrogen-bond donors (Lipinski definition) is 0. The normalized spacial score (nSPS) is 15.8. The first-order valence-electron chi connectivity index (χ1n) is 9.85. The first-order chi connectivity index (χ1) is 10.2. The predicted molar refractivity (Wildman–Crippen MR) is 114 cm³/mol. The van der Waals surface area contributed by atoms with Crippen molar-refractivity contribution in [3.8, 4) is 0 Å². The van der Waals surface area contributed by atoms with E-state index in [4.69, 9.17) is 0 Å². The van der Waals surface area contributed by atoms with Crippen molar-refractivity contribution < 1.29 is 0 Å². The first kappa shape index (κ1) is 24.7. The van der Waals surface area contributed by atoms with Gasteiger partial charge in [0.05, 0.1) is 0 Å². The van der Waals surface area contributed by atoms with E-state index in [1.54, 1.807) is 0 Å². The molecule has 0 bridgehead atoms. The van der Waals surface area contributed by atoms with Gasteiger partial charge in [0, 0.05) is 0 Å². The Bertz CT molecular complexity index is 340. The molecule has 0 saturated carbocycles. The zero-order chi connectivity index (χ0) is 19.9. The fourth-order valence-corrected chi connectivity index (χ4v) is 26.6. The van der Waals surface area contributed by atoms with E-state index >= 15 is 0 Å². The van der Waals surface area contributed by atoms with E-state index in [2.05, 4.69) is 110 Å². The van der Waals surface area contributed by atoms with Gasteiger partial charge >= 0.3 is 160 Å². The molecular formula is C21H48N2Sn. The molecule has 0 N–H and O–H groups in total. The van der Waals surface area contributed by atoms with Crippen LogP contribution in [0.5, 0.6) is 0 Å². The summed E-state index contributed by atoms with van der Waals surface area (Å²) in [4.78, 5) is 0. The molecular weight excluding hydrogens is 399 g/mol. The topological polar surface area (TPSA) is 6.48 Å². The summed E-state index contributed by atoms with van der Waals surface area (Å²) in [5.41, 5.74) is 0.680. The van der Waals surface area contributed by atoms with Crippen LogP contribution < -0.4 is 0 Å². The van der Waals surface area contributed by atoms with Gasteiger partial charge < -0.3 is 0 Å². The Hall–Kier alpha value is 0.719. The van der Waals surface area contributed by atoms with Crippen LogP contribution >= 0.6 is 0 Å². The van der Waals surface area contributed by atoms with Crippen molar-refractivity contribution in [1.82, 2.24) is 6.24 Å². The SMILES string of the molecule is C[CH2][Sn]([CH](C)C)([N](C(C)(C)C)C(C)(C)C)[N](C(C)(C)C)C(C)(C)C. The number of rotatable bonds is 4. The van der Waals surface area contributed by atoms with Crippen molar-refractivity contribution in [2.24, 2.45) is 0 Å². The van der Waals surface area contributed by atoms with E-state index in [9.17, 15) is 0 Å². The van der Waals surface area contributed by atoms with Crippen molar-refractivity contribution >= 4 is 18.9 Å². The van der Waals surface area contributed by atoms with Gasteiger partial charge in [0.25, 0.3) is 0 Å². The third-order valence-electron chi connectivity index (χ3n) is 4.90. The van der Waals surface area contributed by atoms with Gasteiger partial charge in [-0.2, -0.15) is 0 Å². The van der Waals surface area contributed by atoms with Crippen LogP contribution in [0.2, 0.25) is 8.37 Å². The Morgan fingerprint density at radius 1 is 0.583 bits per heavy atom. The molecule has 0 unspecified atom stereocenters. The molecule has 24 heavy (non-hydrogen) atoms. The van der Waals surface area contributed by atoms with E-state index in [0.29, 0.717) is 0 Å². The zero-order valence-electron chi connectivity index (χ0n) is 19.7. The average Bonchev–Trinajstić information content (AvgIpc) is 2.18. The van der Waals surface area contributed by atoms with Crippen LogP contribution in [0.1, 0.15) is 104 Å².